The fraction of sp³-hybridized carbons (Fsp3) is 0.857. The zero-order chi connectivity index (χ0) is 8.65. The fourth-order valence-electron chi connectivity index (χ4n) is 0.869. The van der Waals surface area contributed by atoms with Gasteiger partial charge in [-0.25, -0.2) is 4.79 Å². The smallest absolute Gasteiger partial charge is 0.410 e. The van der Waals surface area contributed by atoms with Crippen LogP contribution in [0.3, 0.4) is 0 Å². The van der Waals surface area contributed by atoms with Crippen molar-refractivity contribution in [3.63, 3.8) is 0 Å². The van der Waals surface area contributed by atoms with Crippen molar-refractivity contribution in [2.45, 2.75) is 26.3 Å². The van der Waals surface area contributed by atoms with Crippen LogP contribution in [0.25, 0.3) is 0 Å². The maximum absolute atomic E-state index is 11.0. The average molecular weight is 144 g/mol. The van der Waals surface area contributed by atoms with Gasteiger partial charge in [0.1, 0.15) is 6.58 Å². The van der Waals surface area contributed by atoms with Gasteiger partial charge in [-0.2, -0.15) is 0 Å². The van der Waals surface area contributed by atoms with Gasteiger partial charge in [0.2, 0.25) is 0 Å². The van der Waals surface area contributed by atoms with Crippen molar-refractivity contribution in [2.75, 3.05) is 13.1 Å². The second-order valence-corrected chi connectivity index (χ2v) is 3.33. The first-order valence-corrected chi connectivity index (χ1v) is 3.32. The van der Waals surface area contributed by atoms with Crippen LogP contribution in [-0.4, -0.2) is 29.7 Å². The van der Waals surface area contributed by atoms with E-state index in [-0.39, 0.29) is 11.6 Å². The number of amides is 1. The van der Waals surface area contributed by atoms with E-state index in [1.165, 1.54) is 0 Å². The number of carbonyl (C=O) groups is 1. The Morgan fingerprint density at radius 1 is 1.70 bits per heavy atom. The van der Waals surface area contributed by atoms with Crippen LogP contribution < -0.4 is 0 Å². The quantitative estimate of drug-likeness (QED) is 0.512. The van der Waals surface area contributed by atoms with E-state index in [0.29, 0.717) is 6.54 Å². The summed E-state index contributed by atoms with van der Waals surface area (Å²) in [4.78, 5) is 12.6. The van der Waals surface area contributed by atoms with E-state index in [1.807, 2.05) is 20.8 Å². The molecule has 0 aliphatic carbocycles. The Morgan fingerprint density at radius 2 is 2.30 bits per heavy atom. The molecular weight excluding hydrogens is 130 g/mol. The Kier molecular flexibility index (Phi) is 1.29. The monoisotopic (exact) mass is 144 g/mol. The van der Waals surface area contributed by atoms with Crippen molar-refractivity contribution in [3.05, 3.63) is 0 Å². The molecular formula is C7H13NO2. The highest BCUT2D eigenvalue weighted by Gasteiger charge is 2.31. The number of cyclic esters (lactones) is 1. The summed E-state index contributed by atoms with van der Waals surface area (Å²) in [6.07, 6.45) is -0.377. The van der Waals surface area contributed by atoms with Crippen molar-refractivity contribution in [1.82, 2.24) is 4.90 Å². The molecule has 0 aromatic rings. The minimum Gasteiger partial charge on any atom is -0.448 e. The molecule has 1 rings (SSSR count). The third-order valence-corrected chi connectivity index (χ3v) is 1.47. The standard InChI is InChI=1S/C7H13NO2/c1-7(2,3)8-4-5-10-6(8)9/h4-5H2,1-3H3/i5D/t5-/m1/s1. The number of hydrogen-bond acceptors (Lipinski definition) is 2. The molecule has 0 radical (unpaired) electrons. The zero-order valence-electron chi connectivity index (χ0n) is 7.55. The van der Waals surface area contributed by atoms with Crippen LogP contribution in [0, 0.1) is 0 Å². The van der Waals surface area contributed by atoms with Gasteiger partial charge in [0, 0.05) is 5.54 Å². The largest absolute Gasteiger partial charge is 0.448 e. The van der Waals surface area contributed by atoms with E-state index in [9.17, 15) is 4.79 Å². The van der Waals surface area contributed by atoms with Gasteiger partial charge in [0.15, 0.2) is 0 Å². The lowest BCUT2D eigenvalue weighted by Crippen LogP contribution is -2.41. The summed E-state index contributed by atoms with van der Waals surface area (Å²) in [5.74, 6) is 0. The van der Waals surface area contributed by atoms with Crippen LogP contribution in [0.4, 0.5) is 4.79 Å². The molecule has 1 heterocycles. The molecule has 0 unspecified atom stereocenters. The van der Waals surface area contributed by atoms with Gasteiger partial charge in [0.25, 0.3) is 0 Å². The molecule has 0 spiro atoms. The Hall–Kier alpha value is -0.730. The third-order valence-electron chi connectivity index (χ3n) is 1.47. The van der Waals surface area contributed by atoms with Gasteiger partial charge in [-0.15, -0.1) is 0 Å². The highest BCUT2D eigenvalue weighted by molar-refractivity contribution is 5.70. The van der Waals surface area contributed by atoms with Crippen LogP contribution in [0.15, 0.2) is 0 Å². The maximum Gasteiger partial charge on any atom is 0.410 e. The Morgan fingerprint density at radius 3 is 2.50 bits per heavy atom. The number of ether oxygens (including phenoxy) is 1. The van der Waals surface area contributed by atoms with Crippen LogP contribution >= 0.6 is 0 Å². The zero-order valence-corrected chi connectivity index (χ0v) is 6.55. The molecule has 0 aromatic heterocycles. The number of rotatable bonds is 0. The number of carbonyl (C=O) groups excluding carboxylic acids is 1. The first-order chi connectivity index (χ1) is 4.91. The lowest BCUT2D eigenvalue weighted by atomic mass is 10.1. The molecule has 0 saturated carbocycles. The predicted octanol–water partition coefficient (Wildman–Crippen LogP) is 1.24. The van der Waals surface area contributed by atoms with Crippen LogP contribution in [-0.2, 0) is 4.74 Å². The summed E-state index contributed by atoms with van der Waals surface area (Å²) in [5.41, 5.74) is -0.229. The summed E-state index contributed by atoms with van der Waals surface area (Å²) in [5, 5.41) is 0. The predicted molar refractivity (Wildman–Crippen MR) is 37.8 cm³/mol. The van der Waals surface area contributed by atoms with E-state index in [4.69, 9.17) is 1.37 Å². The molecule has 1 aliphatic heterocycles. The topological polar surface area (TPSA) is 29.5 Å². The molecule has 3 heteroatoms. The highest BCUT2D eigenvalue weighted by atomic mass is 16.6. The Bertz CT molecular complexity index is 176. The summed E-state index contributed by atoms with van der Waals surface area (Å²) in [6.45, 7) is 5.44. The lowest BCUT2D eigenvalue weighted by molar-refractivity contribution is 0.132. The Balaban J connectivity index is 2.68. The molecule has 58 valence electrons. The number of hydrogen-bond donors (Lipinski definition) is 0. The molecule has 3 nitrogen and oxygen atoms in total. The summed E-state index contributed by atoms with van der Waals surface area (Å²) in [7, 11) is 0. The van der Waals surface area contributed by atoms with Crippen LogP contribution in [0.5, 0.6) is 0 Å². The molecule has 0 aromatic carbocycles. The normalized spacial score (nSPS) is 28.3. The van der Waals surface area contributed by atoms with Crippen molar-refractivity contribution in [3.8, 4) is 0 Å². The van der Waals surface area contributed by atoms with Gasteiger partial charge in [-0.1, -0.05) is 0 Å². The van der Waals surface area contributed by atoms with Crippen LogP contribution in [0.2, 0.25) is 0 Å². The summed E-state index contributed by atoms with van der Waals surface area (Å²) in [6, 6.07) is 0. The van der Waals surface area contributed by atoms with E-state index >= 15 is 0 Å². The van der Waals surface area contributed by atoms with Gasteiger partial charge in [0.05, 0.1) is 7.92 Å². The number of nitrogens with zero attached hydrogens (tertiary/aromatic N) is 1. The first kappa shape index (κ1) is 6.01. The molecule has 0 bridgehead atoms. The van der Waals surface area contributed by atoms with E-state index in [2.05, 4.69) is 4.74 Å². The molecule has 1 atom stereocenters. The van der Waals surface area contributed by atoms with E-state index in [0.717, 1.165) is 0 Å². The van der Waals surface area contributed by atoms with Crippen molar-refractivity contribution in [2.24, 2.45) is 0 Å². The van der Waals surface area contributed by atoms with Crippen molar-refractivity contribution >= 4 is 6.09 Å². The SMILES string of the molecule is [2H][C@@H]1CN(C(C)(C)C)C(=O)O1. The first-order valence-electron chi connectivity index (χ1n) is 3.89. The van der Waals surface area contributed by atoms with Crippen molar-refractivity contribution < 1.29 is 10.9 Å². The van der Waals surface area contributed by atoms with Gasteiger partial charge >= 0.3 is 6.09 Å². The third kappa shape index (κ3) is 1.23. The average Bonchev–Trinajstić information content (AvgIpc) is 2.08. The lowest BCUT2D eigenvalue weighted by Gasteiger charge is -2.28. The summed E-state index contributed by atoms with van der Waals surface area (Å²) < 4.78 is 11.8. The molecule has 0 N–H and O–H groups in total. The van der Waals surface area contributed by atoms with E-state index < -0.39 is 6.58 Å². The molecule has 10 heavy (non-hydrogen) atoms. The van der Waals surface area contributed by atoms with Gasteiger partial charge < -0.3 is 4.74 Å². The second-order valence-electron chi connectivity index (χ2n) is 3.33. The van der Waals surface area contributed by atoms with Crippen LogP contribution in [0.1, 0.15) is 22.1 Å². The molecule has 1 saturated heterocycles. The van der Waals surface area contributed by atoms with E-state index in [1.54, 1.807) is 4.90 Å². The minimum absolute atomic E-state index is 0.229. The highest BCUT2D eigenvalue weighted by Crippen LogP contribution is 2.17. The molecule has 1 fully saturated rings. The molecule has 1 aliphatic rings. The van der Waals surface area contributed by atoms with Crippen molar-refractivity contribution in [1.29, 1.82) is 0 Å². The second kappa shape index (κ2) is 2.15. The minimum atomic E-state index is -0.707. The Labute approximate surface area is 62.4 Å². The molecule has 1 amide bonds. The fourth-order valence-corrected chi connectivity index (χ4v) is 0.869. The maximum atomic E-state index is 11.0. The summed E-state index contributed by atoms with van der Waals surface area (Å²) >= 11 is 0. The van der Waals surface area contributed by atoms with Gasteiger partial charge in [-0.3, -0.25) is 4.90 Å². The van der Waals surface area contributed by atoms with Gasteiger partial charge in [-0.05, 0) is 20.8 Å².